The van der Waals surface area contributed by atoms with Crippen molar-refractivity contribution in [2.75, 3.05) is 6.61 Å². The number of hydrogen-bond donors (Lipinski definition) is 3. The number of hydrogen-bond acceptors (Lipinski definition) is 4. The summed E-state index contributed by atoms with van der Waals surface area (Å²) in [5, 5.41) is 26.2. The molecule has 0 amide bonds. The van der Waals surface area contributed by atoms with E-state index < -0.39 is 12.1 Å². The quantitative estimate of drug-likeness (QED) is 0.805. The molecule has 0 aromatic heterocycles. The number of phenols is 1. The van der Waals surface area contributed by atoms with Crippen molar-refractivity contribution in [1.29, 1.82) is 0 Å². The van der Waals surface area contributed by atoms with E-state index in [1.807, 2.05) is 30.3 Å². The second kappa shape index (κ2) is 8.60. The van der Waals surface area contributed by atoms with E-state index in [-0.39, 0.29) is 11.3 Å². The van der Waals surface area contributed by atoms with Gasteiger partial charge in [-0.1, -0.05) is 30.3 Å². The largest absolute Gasteiger partial charge is 0.507 e. The highest BCUT2D eigenvalue weighted by atomic mass is 16.5. The summed E-state index contributed by atoms with van der Waals surface area (Å²) in [7, 11) is 0. The fourth-order valence-electron chi connectivity index (χ4n) is 1.39. The zero-order chi connectivity index (χ0) is 15.7. The number of aromatic carboxylic acids is 1. The third kappa shape index (κ3) is 6.44. The first kappa shape index (κ1) is 16.5. The fourth-order valence-corrected chi connectivity index (χ4v) is 1.39. The molecule has 0 aliphatic heterocycles. The molecule has 0 bridgehead atoms. The Labute approximate surface area is 123 Å². The minimum atomic E-state index is -1.11. The van der Waals surface area contributed by atoms with Crippen LogP contribution in [-0.2, 0) is 0 Å². The van der Waals surface area contributed by atoms with Crippen LogP contribution >= 0.6 is 0 Å². The second-order valence-electron chi connectivity index (χ2n) is 4.30. The maximum Gasteiger partial charge on any atom is 0.339 e. The van der Waals surface area contributed by atoms with Crippen LogP contribution in [0.15, 0.2) is 54.6 Å². The van der Waals surface area contributed by atoms with Crippen LogP contribution in [0.1, 0.15) is 17.3 Å². The Kier molecular flexibility index (Phi) is 6.77. The van der Waals surface area contributed by atoms with E-state index in [2.05, 4.69) is 0 Å². The van der Waals surface area contributed by atoms with Gasteiger partial charge >= 0.3 is 5.97 Å². The van der Waals surface area contributed by atoms with E-state index in [4.69, 9.17) is 20.1 Å². The van der Waals surface area contributed by atoms with Crippen LogP contribution in [0.5, 0.6) is 11.5 Å². The molecular weight excluding hydrogens is 272 g/mol. The smallest absolute Gasteiger partial charge is 0.339 e. The first-order chi connectivity index (χ1) is 10.0. The highest BCUT2D eigenvalue weighted by molar-refractivity contribution is 5.90. The number of rotatable bonds is 4. The van der Waals surface area contributed by atoms with E-state index >= 15 is 0 Å². The summed E-state index contributed by atoms with van der Waals surface area (Å²) >= 11 is 0. The molecule has 0 saturated heterocycles. The van der Waals surface area contributed by atoms with Crippen molar-refractivity contribution < 1.29 is 24.9 Å². The van der Waals surface area contributed by atoms with Crippen molar-refractivity contribution in [3.63, 3.8) is 0 Å². The Bertz CT molecular complexity index is 552. The number of benzene rings is 2. The maximum atomic E-state index is 10.3. The molecule has 0 fully saturated rings. The minimum absolute atomic E-state index is 0.0671. The predicted molar refractivity (Wildman–Crippen MR) is 78.7 cm³/mol. The monoisotopic (exact) mass is 290 g/mol. The van der Waals surface area contributed by atoms with Crippen LogP contribution in [-0.4, -0.2) is 34.0 Å². The molecule has 0 aliphatic rings. The lowest BCUT2D eigenvalue weighted by Crippen LogP contribution is -2.12. The van der Waals surface area contributed by atoms with Crippen molar-refractivity contribution in [3.8, 4) is 11.5 Å². The zero-order valence-electron chi connectivity index (χ0n) is 11.6. The van der Waals surface area contributed by atoms with Gasteiger partial charge in [0.05, 0.1) is 6.10 Å². The van der Waals surface area contributed by atoms with Crippen molar-refractivity contribution in [3.05, 3.63) is 60.2 Å². The number of aromatic hydroxyl groups is 1. The lowest BCUT2D eigenvalue weighted by Gasteiger charge is -2.06. The summed E-state index contributed by atoms with van der Waals surface area (Å²) in [6.07, 6.45) is -0.407. The normalized spacial score (nSPS) is 11.0. The average molecular weight is 290 g/mol. The Morgan fingerprint density at radius 1 is 1.10 bits per heavy atom. The highest BCUT2D eigenvalue weighted by Crippen LogP contribution is 2.14. The fraction of sp³-hybridized carbons (Fsp3) is 0.188. The molecule has 0 heterocycles. The van der Waals surface area contributed by atoms with Gasteiger partial charge in [-0.15, -0.1) is 0 Å². The van der Waals surface area contributed by atoms with Gasteiger partial charge < -0.3 is 20.1 Å². The molecule has 2 aromatic rings. The second-order valence-corrected chi connectivity index (χ2v) is 4.30. The molecule has 0 radical (unpaired) electrons. The van der Waals surface area contributed by atoms with Gasteiger partial charge in [-0.25, -0.2) is 4.79 Å². The van der Waals surface area contributed by atoms with E-state index in [0.29, 0.717) is 6.61 Å². The summed E-state index contributed by atoms with van der Waals surface area (Å²) in [4.78, 5) is 10.3. The zero-order valence-corrected chi connectivity index (χ0v) is 11.6. The third-order valence-corrected chi connectivity index (χ3v) is 2.37. The van der Waals surface area contributed by atoms with Gasteiger partial charge in [-0.3, -0.25) is 0 Å². The number of carboxylic acid groups (broad SMARTS) is 1. The molecule has 2 aromatic carbocycles. The summed E-state index contributed by atoms with van der Waals surface area (Å²) in [5.74, 6) is -0.512. The van der Waals surface area contributed by atoms with Gasteiger partial charge in [0.25, 0.3) is 0 Å². The van der Waals surface area contributed by atoms with Crippen LogP contribution in [0.25, 0.3) is 0 Å². The van der Waals surface area contributed by atoms with Gasteiger partial charge in [-0.05, 0) is 31.2 Å². The number of carboxylic acids is 1. The Balaban J connectivity index is 0.000000211. The molecular formula is C16H18O5. The van der Waals surface area contributed by atoms with Gasteiger partial charge in [0, 0.05) is 0 Å². The standard InChI is InChI=1S/C9H12O2.C7H6O3/c1-8(10)7-11-9-5-3-2-4-6-9;8-6-4-2-1-3-5(6)7(9)10/h2-6,8,10H,7H2,1H3;1-4,8H,(H,9,10). The molecule has 1 unspecified atom stereocenters. The molecule has 0 saturated carbocycles. The molecule has 2 rings (SSSR count). The molecule has 5 heteroatoms. The topological polar surface area (TPSA) is 87.0 Å². The molecule has 0 spiro atoms. The van der Waals surface area contributed by atoms with Crippen LogP contribution in [0.2, 0.25) is 0 Å². The Morgan fingerprint density at radius 3 is 2.14 bits per heavy atom. The van der Waals surface area contributed by atoms with Crippen molar-refractivity contribution in [2.24, 2.45) is 0 Å². The van der Waals surface area contributed by atoms with E-state index in [1.54, 1.807) is 19.1 Å². The lowest BCUT2D eigenvalue weighted by atomic mass is 10.2. The van der Waals surface area contributed by atoms with Crippen LogP contribution < -0.4 is 4.74 Å². The lowest BCUT2D eigenvalue weighted by molar-refractivity contribution is 0.0693. The van der Waals surface area contributed by atoms with Crippen molar-refractivity contribution in [2.45, 2.75) is 13.0 Å². The molecule has 112 valence electrons. The highest BCUT2D eigenvalue weighted by Gasteiger charge is 2.05. The van der Waals surface area contributed by atoms with Gasteiger partial charge in [0.1, 0.15) is 23.7 Å². The van der Waals surface area contributed by atoms with Gasteiger partial charge in [-0.2, -0.15) is 0 Å². The summed E-state index contributed by atoms with van der Waals surface area (Å²) in [6.45, 7) is 2.05. The first-order valence-electron chi connectivity index (χ1n) is 6.38. The number of aliphatic hydroxyl groups excluding tert-OH is 1. The number of carbonyl (C=O) groups is 1. The van der Waals surface area contributed by atoms with Gasteiger partial charge in [0.15, 0.2) is 0 Å². The predicted octanol–water partition coefficient (Wildman–Crippen LogP) is 2.54. The van der Waals surface area contributed by atoms with Crippen LogP contribution in [0, 0.1) is 0 Å². The van der Waals surface area contributed by atoms with Gasteiger partial charge in [0.2, 0.25) is 0 Å². The summed E-state index contributed by atoms with van der Waals surface area (Å²) in [6, 6.07) is 15.3. The maximum absolute atomic E-state index is 10.3. The van der Waals surface area contributed by atoms with Crippen LogP contribution in [0.4, 0.5) is 0 Å². The minimum Gasteiger partial charge on any atom is -0.507 e. The van der Waals surface area contributed by atoms with E-state index in [1.165, 1.54) is 12.1 Å². The first-order valence-corrected chi connectivity index (χ1v) is 6.38. The summed E-state index contributed by atoms with van der Waals surface area (Å²) in [5.41, 5.74) is -0.0671. The Morgan fingerprint density at radius 2 is 1.67 bits per heavy atom. The average Bonchev–Trinajstić information content (AvgIpc) is 2.47. The Hall–Kier alpha value is -2.53. The number of para-hydroxylation sites is 2. The molecule has 1 atom stereocenters. The number of aliphatic hydroxyl groups is 1. The van der Waals surface area contributed by atoms with Crippen LogP contribution in [0.3, 0.4) is 0 Å². The van der Waals surface area contributed by atoms with Crippen molar-refractivity contribution >= 4 is 5.97 Å². The third-order valence-electron chi connectivity index (χ3n) is 2.37. The molecule has 5 nitrogen and oxygen atoms in total. The SMILES string of the molecule is CC(O)COc1ccccc1.O=C(O)c1ccccc1O. The molecule has 3 N–H and O–H groups in total. The molecule has 21 heavy (non-hydrogen) atoms. The summed E-state index contributed by atoms with van der Waals surface area (Å²) < 4.78 is 5.22. The number of ether oxygens (including phenoxy) is 1. The molecule has 0 aliphatic carbocycles. The van der Waals surface area contributed by atoms with E-state index in [0.717, 1.165) is 5.75 Å². The van der Waals surface area contributed by atoms with Crippen molar-refractivity contribution in [1.82, 2.24) is 0 Å². The van der Waals surface area contributed by atoms with E-state index in [9.17, 15) is 4.79 Å².